The molecule has 1 nitrogen and oxygen atoms in total. The van der Waals surface area contributed by atoms with Gasteiger partial charge in [0, 0.05) is 12.6 Å². The fourth-order valence-corrected chi connectivity index (χ4v) is 2.06. The first kappa shape index (κ1) is 13.8. The van der Waals surface area contributed by atoms with E-state index in [1.54, 1.807) is 0 Å². The van der Waals surface area contributed by atoms with E-state index in [2.05, 4.69) is 75.5 Å². The Balaban J connectivity index is 2.15. The first-order chi connectivity index (χ1) is 9.06. The van der Waals surface area contributed by atoms with E-state index in [-0.39, 0.29) is 0 Å². The minimum absolute atomic E-state index is 0.527. The number of hydrogen-bond donors (Lipinski definition) is 1. The average Bonchev–Trinajstić information content (AvgIpc) is 2.40. The Hall–Kier alpha value is -1.60. The molecular weight excluding hydrogens is 230 g/mol. The summed E-state index contributed by atoms with van der Waals surface area (Å²) >= 11 is 0. The van der Waals surface area contributed by atoms with Gasteiger partial charge < -0.3 is 5.32 Å². The van der Waals surface area contributed by atoms with Gasteiger partial charge in [-0.2, -0.15) is 0 Å². The molecule has 0 amide bonds. The van der Waals surface area contributed by atoms with Crippen LogP contribution in [0.15, 0.2) is 42.5 Å². The number of nitrogens with one attached hydrogen (secondary N) is 1. The summed E-state index contributed by atoms with van der Waals surface area (Å²) in [6, 6.07) is 16.0. The van der Waals surface area contributed by atoms with Gasteiger partial charge >= 0.3 is 0 Å². The van der Waals surface area contributed by atoms with Crippen LogP contribution in [0.4, 0.5) is 0 Å². The first-order valence-electron chi connectivity index (χ1n) is 6.96. The van der Waals surface area contributed by atoms with Crippen molar-refractivity contribution in [2.45, 2.75) is 40.3 Å². The van der Waals surface area contributed by atoms with Crippen LogP contribution < -0.4 is 5.32 Å². The van der Waals surface area contributed by atoms with Crippen LogP contribution >= 0.6 is 0 Å². The van der Waals surface area contributed by atoms with Gasteiger partial charge in [-0.15, -0.1) is 0 Å². The molecule has 0 aromatic heterocycles. The van der Waals surface area contributed by atoms with Crippen molar-refractivity contribution in [1.82, 2.24) is 5.32 Å². The van der Waals surface area contributed by atoms with E-state index in [0.29, 0.717) is 6.04 Å². The number of aryl methyl sites for hydroxylation is 2. The van der Waals surface area contributed by atoms with E-state index in [9.17, 15) is 0 Å². The summed E-state index contributed by atoms with van der Waals surface area (Å²) in [5.41, 5.74) is 6.62. The zero-order valence-corrected chi connectivity index (χ0v) is 12.3. The molecule has 2 aromatic carbocycles. The summed E-state index contributed by atoms with van der Waals surface area (Å²) in [7, 11) is 0. The van der Waals surface area contributed by atoms with E-state index in [0.717, 1.165) is 6.54 Å². The largest absolute Gasteiger partial charge is 0.310 e. The minimum Gasteiger partial charge on any atom is -0.310 e. The lowest BCUT2D eigenvalue weighted by Crippen LogP contribution is -2.21. The normalized spacial score (nSPS) is 11.0. The Kier molecular flexibility index (Phi) is 4.39. The predicted octanol–water partition coefficient (Wildman–Crippen LogP) is 4.47. The van der Waals surface area contributed by atoms with Crippen molar-refractivity contribution < 1.29 is 0 Å². The van der Waals surface area contributed by atoms with Gasteiger partial charge in [0.15, 0.2) is 0 Å². The molecule has 19 heavy (non-hydrogen) atoms. The molecule has 0 atom stereocenters. The maximum absolute atomic E-state index is 3.44. The Morgan fingerprint density at radius 2 is 1.47 bits per heavy atom. The summed E-state index contributed by atoms with van der Waals surface area (Å²) in [5.74, 6) is 0. The molecule has 0 fully saturated rings. The van der Waals surface area contributed by atoms with Gasteiger partial charge in [-0.05, 0) is 41.7 Å². The third-order valence-corrected chi connectivity index (χ3v) is 3.51. The second-order valence-electron chi connectivity index (χ2n) is 5.53. The standard InChI is InChI=1S/C18H23N/c1-13(2)19-12-16-6-9-17(10-7-16)18-8-5-14(3)15(4)11-18/h5-11,13,19H,12H2,1-4H3. The third-order valence-electron chi connectivity index (χ3n) is 3.51. The first-order valence-corrected chi connectivity index (χ1v) is 6.96. The molecule has 1 N–H and O–H groups in total. The molecule has 0 aliphatic heterocycles. The zero-order chi connectivity index (χ0) is 13.8. The molecular formula is C18H23N. The summed E-state index contributed by atoms with van der Waals surface area (Å²) in [6.45, 7) is 9.59. The molecule has 0 aliphatic carbocycles. The van der Waals surface area contributed by atoms with Gasteiger partial charge in [0.05, 0.1) is 0 Å². The molecule has 0 radical (unpaired) electrons. The highest BCUT2D eigenvalue weighted by Gasteiger charge is 2.01. The molecule has 2 aromatic rings. The molecule has 0 bridgehead atoms. The fraction of sp³-hybridized carbons (Fsp3) is 0.333. The van der Waals surface area contributed by atoms with Crippen LogP contribution in [0.1, 0.15) is 30.5 Å². The van der Waals surface area contributed by atoms with Gasteiger partial charge in [-0.25, -0.2) is 0 Å². The van der Waals surface area contributed by atoms with E-state index in [1.165, 1.54) is 27.8 Å². The Bertz CT molecular complexity index is 538. The van der Waals surface area contributed by atoms with E-state index in [4.69, 9.17) is 0 Å². The third kappa shape index (κ3) is 3.68. The summed E-state index contributed by atoms with van der Waals surface area (Å²) in [6.07, 6.45) is 0. The van der Waals surface area contributed by atoms with Crippen LogP contribution in [0.3, 0.4) is 0 Å². The van der Waals surface area contributed by atoms with Crippen molar-refractivity contribution in [3.05, 3.63) is 59.2 Å². The Morgan fingerprint density at radius 1 is 0.842 bits per heavy atom. The maximum Gasteiger partial charge on any atom is 0.0207 e. The number of benzene rings is 2. The van der Waals surface area contributed by atoms with Crippen LogP contribution in [-0.2, 0) is 6.54 Å². The van der Waals surface area contributed by atoms with Crippen molar-refractivity contribution in [1.29, 1.82) is 0 Å². The lowest BCUT2D eigenvalue weighted by molar-refractivity contribution is 0.589. The van der Waals surface area contributed by atoms with Crippen molar-refractivity contribution in [3.8, 4) is 11.1 Å². The van der Waals surface area contributed by atoms with E-state index < -0.39 is 0 Å². The highest BCUT2D eigenvalue weighted by molar-refractivity contribution is 5.65. The highest BCUT2D eigenvalue weighted by atomic mass is 14.9. The van der Waals surface area contributed by atoms with Crippen molar-refractivity contribution in [2.75, 3.05) is 0 Å². The Morgan fingerprint density at radius 3 is 2.05 bits per heavy atom. The zero-order valence-electron chi connectivity index (χ0n) is 12.3. The van der Waals surface area contributed by atoms with Crippen molar-refractivity contribution in [2.24, 2.45) is 0 Å². The molecule has 0 saturated carbocycles. The van der Waals surface area contributed by atoms with Crippen LogP contribution in [0, 0.1) is 13.8 Å². The molecule has 0 aliphatic rings. The summed E-state index contributed by atoms with van der Waals surface area (Å²) in [4.78, 5) is 0. The molecule has 1 heteroatoms. The maximum atomic E-state index is 3.44. The Labute approximate surface area is 116 Å². The second kappa shape index (κ2) is 6.03. The highest BCUT2D eigenvalue weighted by Crippen LogP contribution is 2.22. The molecule has 0 heterocycles. The molecule has 100 valence electrons. The van der Waals surface area contributed by atoms with Gasteiger partial charge in [0.1, 0.15) is 0 Å². The number of rotatable bonds is 4. The molecule has 0 spiro atoms. The van der Waals surface area contributed by atoms with E-state index >= 15 is 0 Å². The quantitative estimate of drug-likeness (QED) is 0.847. The summed E-state index contributed by atoms with van der Waals surface area (Å²) in [5, 5.41) is 3.44. The van der Waals surface area contributed by atoms with Crippen molar-refractivity contribution >= 4 is 0 Å². The second-order valence-corrected chi connectivity index (χ2v) is 5.53. The number of hydrogen-bond acceptors (Lipinski definition) is 1. The minimum atomic E-state index is 0.527. The van der Waals surface area contributed by atoms with Gasteiger partial charge in [0.2, 0.25) is 0 Å². The van der Waals surface area contributed by atoms with Gasteiger partial charge in [-0.1, -0.05) is 56.3 Å². The van der Waals surface area contributed by atoms with E-state index in [1.807, 2.05) is 0 Å². The summed E-state index contributed by atoms with van der Waals surface area (Å²) < 4.78 is 0. The SMILES string of the molecule is Cc1ccc(-c2ccc(CNC(C)C)cc2)cc1C. The van der Waals surface area contributed by atoms with Crippen LogP contribution in [-0.4, -0.2) is 6.04 Å². The molecule has 0 unspecified atom stereocenters. The smallest absolute Gasteiger partial charge is 0.0207 e. The van der Waals surface area contributed by atoms with Crippen molar-refractivity contribution in [3.63, 3.8) is 0 Å². The van der Waals surface area contributed by atoms with Crippen LogP contribution in [0.25, 0.3) is 11.1 Å². The van der Waals surface area contributed by atoms with Crippen LogP contribution in [0.2, 0.25) is 0 Å². The lowest BCUT2D eigenvalue weighted by Gasteiger charge is -2.09. The monoisotopic (exact) mass is 253 g/mol. The fourth-order valence-electron chi connectivity index (χ4n) is 2.06. The lowest BCUT2D eigenvalue weighted by atomic mass is 9.99. The molecule has 2 rings (SSSR count). The van der Waals surface area contributed by atoms with Gasteiger partial charge in [0.25, 0.3) is 0 Å². The topological polar surface area (TPSA) is 12.0 Å². The molecule has 0 saturated heterocycles. The van der Waals surface area contributed by atoms with Crippen LogP contribution in [0.5, 0.6) is 0 Å². The average molecular weight is 253 g/mol. The van der Waals surface area contributed by atoms with Gasteiger partial charge in [-0.3, -0.25) is 0 Å². The predicted molar refractivity (Wildman–Crippen MR) is 83.3 cm³/mol.